The third-order valence-electron chi connectivity index (χ3n) is 11.8. The predicted molar refractivity (Wildman–Crippen MR) is 248 cm³/mol. The molecule has 0 spiro atoms. The van der Waals surface area contributed by atoms with E-state index in [-0.39, 0.29) is 0 Å². The third kappa shape index (κ3) is 5.52. The van der Waals surface area contributed by atoms with Gasteiger partial charge in [0.25, 0.3) is 0 Å². The lowest BCUT2D eigenvalue weighted by Crippen LogP contribution is -2.02. The molecule has 3 heterocycles. The molecule has 60 heavy (non-hydrogen) atoms. The van der Waals surface area contributed by atoms with Crippen molar-refractivity contribution in [3.05, 3.63) is 212 Å². The Morgan fingerprint density at radius 1 is 0.283 bits per heavy atom. The van der Waals surface area contributed by atoms with Crippen molar-refractivity contribution in [2.45, 2.75) is 0 Å². The summed E-state index contributed by atoms with van der Waals surface area (Å²) in [6.45, 7) is 0. The Balaban J connectivity index is 1.12. The van der Waals surface area contributed by atoms with E-state index >= 15 is 0 Å². The van der Waals surface area contributed by atoms with Crippen LogP contribution in [0, 0.1) is 0 Å². The molecule has 0 fully saturated rings. The van der Waals surface area contributed by atoms with Crippen molar-refractivity contribution in [2.75, 3.05) is 0 Å². The topological polar surface area (TPSA) is 48.5 Å². The van der Waals surface area contributed by atoms with Gasteiger partial charge in [-0.25, -0.2) is 15.0 Å². The van der Waals surface area contributed by atoms with Crippen molar-refractivity contribution in [1.29, 1.82) is 0 Å². The molecule has 12 aromatic rings. The van der Waals surface area contributed by atoms with E-state index in [2.05, 4.69) is 203 Å². The average Bonchev–Trinajstić information content (AvgIpc) is 3.84. The van der Waals surface area contributed by atoms with Crippen molar-refractivity contribution in [2.24, 2.45) is 0 Å². The second-order valence-electron chi connectivity index (χ2n) is 15.3. The molecule has 0 amide bonds. The highest BCUT2D eigenvalue weighted by molar-refractivity contribution is 6.12. The molecule has 280 valence electrons. The summed E-state index contributed by atoms with van der Waals surface area (Å²) in [5.74, 6) is 1.87. The van der Waals surface area contributed by atoms with E-state index in [9.17, 15) is 0 Å². The molecule has 0 aliphatic heterocycles. The van der Waals surface area contributed by atoms with Gasteiger partial charge in [0.2, 0.25) is 0 Å². The summed E-state index contributed by atoms with van der Waals surface area (Å²) in [5, 5.41) is 7.17. The quantitative estimate of drug-likeness (QED) is 0.169. The highest BCUT2D eigenvalue weighted by atomic mass is 15.0. The van der Waals surface area contributed by atoms with Crippen LogP contribution in [0.2, 0.25) is 0 Å². The Morgan fingerprint density at radius 2 is 0.767 bits per heavy atom. The van der Waals surface area contributed by atoms with Crippen LogP contribution in [0.25, 0.3) is 111 Å². The lowest BCUT2D eigenvalue weighted by Gasteiger charge is -2.17. The smallest absolute Gasteiger partial charge is 0.164 e. The molecule has 5 heteroatoms. The Morgan fingerprint density at radius 3 is 1.42 bits per heavy atom. The summed E-state index contributed by atoms with van der Waals surface area (Å²) in [6.07, 6.45) is 0. The van der Waals surface area contributed by atoms with Gasteiger partial charge in [-0.2, -0.15) is 0 Å². The molecule has 3 aromatic heterocycles. The number of fused-ring (bicyclic) bond motifs is 7. The number of aromatic nitrogens is 5. The molecule has 0 N–H and O–H groups in total. The first-order valence-corrected chi connectivity index (χ1v) is 20.3. The fourth-order valence-corrected chi connectivity index (χ4v) is 8.95. The summed E-state index contributed by atoms with van der Waals surface area (Å²) in [6, 6.07) is 75.2. The Labute approximate surface area is 346 Å². The summed E-state index contributed by atoms with van der Waals surface area (Å²) < 4.78 is 4.82. The summed E-state index contributed by atoms with van der Waals surface area (Å²) >= 11 is 0. The molecule has 0 saturated carbocycles. The molecule has 0 saturated heterocycles. The van der Waals surface area contributed by atoms with Crippen molar-refractivity contribution in [3.8, 4) is 56.7 Å². The largest absolute Gasteiger partial charge is 0.309 e. The summed E-state index contributed by atoms with van der Waals surface area (Å²) in [5.41, 5.74) is 11.7. The van der Waals surface area contributed by atoms with Crippen molar-refractivity contribution in [3.63, 3.8) is 0 Å². The molecule has 12 rings (SSSR count). The lowest BCUT2D eigenvalue weighted by atomic mass is 10.0. The van der Waals surface area contributed by atoms with E-state index in [1.165, 1.54) is 38.0 Å². The molecule has 9 aromatic carbocycles. The van der Waals surface area contributed by atoms with E-state index in [1.807, 2.05) is 18.2 Å². The van der Waals surface area contributed by atoms with Gasteiger partial charge in [0.1, 0.15) is 0 Å². The maximum Gasteiger partial charge on any atom is 0.164 e. The van der Waals surface area contributed by atoms with Gasteiger partial charge in [0.15, 0.2) is 17.5 Å². The standard InChI is InChI=1S/C55H35N5/c1-3-16-37(17-4-1)43-31-29-41(55-57-53(38-18-5-2-6-19-38)56-54(58-55)40-28-27-36-15-7-8-20-39(36)33-40)34-51(43)60-50-26-14-11-23-46(50)47-32-30-42(35-52(47)60)59-48-24-12-9-21-44(48)45-22-10-13-25-49(45)59/h1-35H. The number of nitrogens with zero attached hydrogens (tertiary/aromatic N) is 5. The van der Waals surface area contributed by atoms with Crippen molar-refractivity contribution < 1.29 is 0 Å². The van der Waals surface area contributed by atoms with Gasteiger partial charge in [-0.3, -0.25) is 0 Å². The highest BCUT2D eigenvalue weighted by Crippen LogP contribution is 2.40. The van der Waals surface area contributed by atoms with Gasteiger partial charge < -0.3 is 9.13 Å². The molecule has 0 aliphatic rings. The maximum absolute atomic E-state index is 5.23. The summed E-state index contributed by atoms with van der Waals surface area (Å²) in [4.78, 5) is 15.5. The Hall–Kier alpha value is -8.15. The number of rotatable bonds is 6. The van der Waals surface area contributed by atoms with Crippen molar-refractivity contribution in [1.82, 2.24) is 24.1 Å². The van der Waals surface area contributed by atoms with Crippen LogP contribution in [0.5, 0.6) is 0 Å². The number of para-hydroxylation sites is 3. The van der Waals surface area contributed by atoms with Gasteiger partial charge in [0.05, 0.1) is 27.8 Å². The fourth-order valence-electron chi connectivity index (χ4n) is 8.95. The van der Waals surface area contributed by atoms with Crippen LogP contribution in [0.3, 0.4) is 0 Å². The monoisotopic (exact) mass is 765 g/mol. The molecule has 0 radical (unpaired) electrons. The van der Waals surface area contributed by atoms with Crippen LogP contribution >= 0.6 is 0 Å². The zero-order valence-corrected chi connectivity index (χ0v) is 32.4. The van der Waals surface area contributed by atoms with E-state index in [1.54, 1.807) is 0 Å². The minimum Gasteiger partial charge on any atom is -0.309 e. The number of benzene rings is 9. The Bertz CT molecular complexity index is 3550. The Kier molecular flexibility index (Phi) is 7.78. The molecular weight excluding hydrogens is 731 g/mol. The van der Waals surface area contributed by atoms with E-state index in [0.29, 0.717) is 17.5 Å². The van der Waals surface area contributed by atoms with E-state index in [4.69, 9.17) is 15.0 Å². The molecular formula is C55H35N5. The second-order valence-corrected chi connectivity index (χ2v) is 15.3. The van der Waals surface area contributed by atoms with Gasteiger partial charge in [-0.15, -0.1) is 0 Å². The van der Waals surface area contributed by atoms with Crippen LogP contribution in [-0.4, -0.2) is 24.1 Å². The number of hydrogen-bond donors (Lipinski definition) is 0. The molecule has 0 bridgehead atoms. The van der Waals surface area contributed by atoms with Crippen molar-refractivity contribution >= 4 is 54.4 Å². The highest BCUT2D eigenvalue weighted by Gasteiger charge is 2.21. The average molecular weight is 766 g/mol. The zero-order valence-electron chi connectivity index (χ0n) is 32.4. The first-order chi connectivity index (χ1) is 29.7. The molecule has 0 unspecified atom stereocenters. The van der Waals surface area contributed by atoms with Crippen LogP contribution in [0.4, 0.5) is 0 Å². The maximum atomic E-state index is 5.23. The first kappa shape index (κ1) is 33.9. The van der Waals surface area contributed by atoms with E-state index in [0.717, 1.165) is 55.6 Å². The SMILES string of the molecule is c1ccc(-c2nc(-c3ccc(-c4ccccc4)c(-n4c5ccccc5c5ccc(-n6c7ccccc7c7ccccc76)cc54)c3)nc(-c3ccc4ccccc4c3)n2)cc1. The first-order valence-electron chi connectivity index (χ1n) is 20.3. The summed E-state index contributed by atoms with van der Waals surface area (Å²) in [7, 11) is 0. The van der Waals surface area contributed by atoms with Crippen LogP contribution < -0.4 is 0 Å². The van der Waals surface area contributed by atoms with Crippen LogP contribution in [0.1, 0.15) is 0 Å². The molecule has 0 atom stereocenters. The van der Waals surface area contributed by atoms with Gasteiger partial charge >= 0.3 is 0 Å². The number of hydrogen-bond acceptors (Lipinski definition) is 3. The molecule has 5 nitrogen and oxygen atoms in total. The fraction of sp³-hybridized carbons (Fsp3) is 0. The van der Waals surface area contributed by atoms with Gasteiger partial charge in [-0.1, -0.05) is 170 Å². The van der Waals surface area contributed by atoms with Gasteiger partial charge in [-0.05, 0) is 58.8 Å². The van der Waals surface area contributed by atoms with Crippen LogP contribution in [0.15, 0.2) is 212 Å². The predicted octanol–water partition coefficient (Wildman–Crippen LogP) is 13.9. The third-order valence-corrected chi connectivity index (χ3v) is 11.8. The molecule has 0 aliphatic carbocycles. The second kappa shape index (κ2) is 13.8. The zero-order chi connectivity index (χ0) is 39.6. The minimum absolute atomic E-state index is 0.611. The van der Waals surface area contributed by atoms with Gasteiger partial charge in [0, 0.05) is 49.5 Å². The lowest BCUT2D eigenvalue weighted by molar-refractivity contribution is 1.07. The van der Waals surface area contributed by atoms with E-state index < -0.39 is 0 Å². The van der Waals surface area contributed by atoms with Crippen LogP contribution in [-0.2, 0) is 0 Å². The minimum atomic E-state index is 0.611. The normalized spacial score (nSPS) is 11.7.